The van der Waals surface area contributed by atoms with Gasteiger partial charge in [0.05, 0.1) is 17.3 Å². The molecule has 7 heteroatoms. The molecule has 0 atom stereocenters. The molecule has 5 nitrogen and oxygen atoms in total. The average molecular weight is 370 g/mol. The van der Waals surface area contributed by atoms with E-state index in [9.17, 15) is 9.90 Å². The summed E-state index contributed by atoms with van der Waals surface area (Å²) in [7, 11) is 0. The number of hydrogen-bond acceptors (Lipinski definition) is 4. The Bertz CT molecular complexity index is 778. The van der Waals surface area contributed by atoms with Crippen LogP contribution in [0.5, 0.6) is 5.75 Å². The monoisotopic (exact) mass is 369 g/mol. The summed E-state index contributed by atoms with van der Waals surface area (Å²) in [6.45, 7) is 3.21. The van der Waals surface area contributed by atoms with Crippen molar-refractivity contribution < 1.29 is 19.7 Å². The lowest BCUT2D eigenvalue weighted by Gasteiger charge is -2.15. The minimum absolute atomic E-state index is 0.0808. The van der Waals surface area contributed by atoms with E-state index in [2.05, 4.69) is 4.98 Å². The Hall–Kier alpha value is -1.82. The minimum Gasteiger partial charge on any atom is -0.480 e. The highest BCUT2D eigenvalue weighted by Gasteiger charge is 2.17. The number of aliphatic carboxylic acids is 1. The van der Waals surface area contributed by atoms with Crippen LogP contribution in [0.25, 0.3) is 11.3 Å². The zero-order valence-electron chi connectivity index (χ0n) is 13.3. The van der Waals surface area contributed by atoms with Gasteiger partial charge in [-0.2, -0.15) is 0 Å². The van der Waals surface area contributed by atoms with E-state index in [0.29, 0.717) is 23.4 Å². The molecule has 128 valence electrons. The van der Waals surface area contributed by atoms with Gasteiger partial charge in [-0.15, -0.1) is 0 Å². The molecule has 24 heavy (non-hydrogen) atoms. The van der Waals surface area contributed by atoms with Crippen LogP contribution in [0.2, 0.25) is 10.0 Å². The maximum atomic E-state index is 10.6. The lowest BCUT2D eigenvalue weighted by atomic mass is 10.0. The predicted octanol–water partition coefficient (Wildman–Crippen LogP) is 3.88. The van der Waals surface area contributed by atoms with Crippen molar-refractivity contribution in [2.75, 3.05) is 6.61 Å². The largest absolute Gasteiger partial charge is 0.480 e. The predicted molar refractivity (Wildman–Crippen MR) is 92.9 cm³/mol. The first-order chi connectivity index (χ1) is 11.4. The molecule has 0 aliphatic carbocycles. The summed E-state index contributed by atoms with van der Waals surface area (Å²) in [5.74, 6) is -0.897. The van der Waals surface area contributed by atoms with E-state index < -0.39 is 12.6 Å². The second-order valence-corrected chi connectivity index (χ2v) is 5.93. The van der Waals surface area contributed by atoms with Crippen molar-refractivity contribution >= 4 is 29.2 Å². The highest BCUT2D eigenvalue weighted by atomic mass is 35.5. The summed E-state index contributed by atoms with van der Waals surface area (Å²) in [6.07, 6.45) is 0.709. The first-order valence-corrected chi connectivity index (χ1v) is 8.07. The molecule has 1 heterocycles. The molecule has 0 radical (unpaired) electrons. The normalized spacial score (nSPS) is 10.7. The van der Waals surface area contributed by atoms with E-state index >= 15 is 0 Å². The summed E-state index contributed by atoms with van der Waals surface area (Å²) in [5.41, 5.74) is 3.72. The molecule has 1 aromatic carbocycles. The lowest BCUT2D eigenvalue weighted by Crippen LogP contribution is -2.09. The Morgan fingerprint density at radius 3 is 2.54 bits per heavy atom. The van der Waals surface area contributed by atoms with Crippen molar-refractivity contribution in [2.45, 2.75) is 26.9 Å². The standard InChI is InChI=1S/C17H17Cl2NO4/c1-3-10-6-11(7-21)9(2)20-17(10)12-4-5-13(16(19)15(12)18)24-8-14(22)23/h4-6,21H,3,7-8H2,1-2H3,(H,22,23). The fraction of sp³-hybridized carbons (Fsp3) is 0.294. The number of aliphatic hydroxyl groups excluding tert-OH is 1. The van der Waals surface area contributed by atoms with Crippen LogP contribution >= 0.6 is 23.2 Å². The Morgan fingerprint density at radius 1 is 1.25 bits per heavy atom. The average Bonchev–Trinajstić information content (AvgIpc) is 2.56. The number of benzene rings is 1. The molecule has 0 saturated carbocycles. The molecule has 0 unspecified atom stereocenters. The number of rotatable bonds is 6. The van der Waals surface area contributed by atoms with Gasteiger partial charge in [-0.25, -0.2) is 4.79 Å². The minimum atomic E-state index is -1.10. The number of aryl methyl sites for hydroxylation is 2. The molecule has 0 amide bonds. The van der Waals surface area contributed by atoms with Crippen molar-refractivity contribution in [3.63, 3.8) is 0 Å². The van der Waals surface area contributed by atoms with E-state index in [1.807, 2.05) is 19.9 Å². The Kier molecular flexibility index (Phi) is 6.04. The molecule has 0 aliphatic rings. The maximum Gasteiger partial charge on any atom is 0.341 e. The maximum absolute atomic E-state index is 10.6. The van der Waals surface area contributed by atoms with Gasteiger partial charge in [0, 0.05) is 11.3 Å². The number of pyridine rings is 1. The third-order valence-electron chi connectivity index (χ3n) is 3.60. The van der Waals surface area contributed by atoms with Gasteiger partial charge in [0.25, 0.3) is 0 Å². The summed E-state index contributed by atoms with van der Waals surface area (Å²) in [4.78, 5) is 15.2. The number of carbonyl (C=O) groups is 1. The second kappa shape index (κ2) is 7.83. The van der Waals surface area contributed by atoms with Gasteiger partial charge < -0.3 is 14.9 Å². The number of carboxylic acid groups (broad SMARTS) is 1. The first kappa shape index (κ1) is 18.5. The molecule has 2 aromatic rings. The molecule has 2 rings (SSSR count). The fourth-order valence-electron chi connectivity index (χ4n) is 2.32. The zero-order chi connectivity index (χ0) is 17.9. The number of aromatic nitrogens is 1. The molecule has 0 aliphatic heterocycles. The van der Waals surface area contributed by atoms with Gasteiger partial charge in [0.2, 0.25) is 0 Å². The Morgan fingerprint density at radius 2 is 1.96 bits per heavy atom. The van der Waals surface area contributed by atoms with E-state index in [1.165, 1.54) is 0 Å². The van der Waals surface area contributed by atoms with Crippen molar-refractivity contribution in [3.05, 3.63) is 45.1 Å². The second-order valence-electron chi connectivity index (χ2n) is 5.17. The van der Waals surface area contributed by atoms with Gasteiger partial charge in [-0.05, 0) is 42.7 Å². The number of halogens is 2. The van der Waals surface area contributed by atoms with Gasteiger partial charge in [0.1, 0.15) is 10.8 Å². The highest BCUT2D eigenvalue weighted by molar-refractivity contribution is 6.44. The number of carboxylic acids is 1. The van der Waals surface area contributed by atoms with E-state index in [0.717, 1.165) is 11.1 Å². The topological polar surface area (TPSA) is 79.7 Å². The van der Waals surface area contributed by atoms with Crippen molar-refractivity contribution in [3.8, 4) is 17.0 Å². The molecular weight excluding hydrogens is 353 g/mol. The summed E-state index contributed by atoms with van der Waals surface area (Å²) >= 11 is 12.6. The molecule has 0 spiro atoms. The van der Waals surface area contributed by atoms with Gasteiger partial charge in [-0.3, -0.25) is 4.98 Å². The Balaban J connectivity index is 2.51. The highest BCUT2D eigenvalue weighted by Crippen LogP contribution is 2.40. The van der Waals surface area contributed by atoms with Crippen LogP contribution in [0, 0.1) is 6.92 Å². The number of aliphatic hydroxyl groups is 1. The molecule has 0 fully saturated rings. The number of nitrogens with zero attached hydrogens (tertiary/aromatic N) is 1. The zero-order valence-corrected chi connectivity index (χ0v) is 14.8. The quantitative estimate of drug-likeness (QED) is 0.807. The van der Waals surface area contributed by atoms with Gasteiger partial charge >= 0.3 is 5.97 Å². The molecule has 0 saturated heterocycles. The number of hydrogen-bond donors (Lipinski definition) is 2. The van der Waals surface area contributed by atoms with Crippen LogP contribution < -0.4 is 4.74 Å². The summed E-state index contributed by atoms with van der Waals surface area (Å²) in [6, 6.07) is 5.17. The van der Waals surface area contributed by atoms with Crippen LogP contribution in [0.1, 0.15) is 23.7 Å². The van der Waals surface area contributed by atoms with Crippen LogP contribution in [0.3, 0.4) is 0 Å². The molecule has 1 aromatic heterocycles. The Labute approximate surface area is 149 Å². The van der Waals surface area contributed by atoms with Crippen molar-refractivity contribution in [1.29, 1.82) is 0 Å². The van der Waals surface area contributed by atoms with Crippen molar-refractivity contribution in [1.82, 2.24) is 4.98 Å². The smallest absolute Gasteiger partial charge is 0.341 e. The SMILES string of the molecule is CCc1cc(CO)c(C)nc1-c1ccc(OCC(=O)O)c(Cl)c1Cl. The van der Waals surface area contributed by atoms with Crippen molar-refractivity contribution in [2.24, 2.45) is 0 Å². The molecule has 0 bridgehead atoms. The first-order valence-electron chi connectivity index (χ1n) is 7.32. The number of ether oxygens (including phenoxy) is 1. The van der Waals surface area contributed by atoms with Crippen LogP contribution in [-0.4, -0.2) is 27.8 Å². The molecular formula is C17H17Cl2NO4. The van der Waals surface area contributed by atoms with E-state index in [4.69, 9.17) is 33.0 Å². The van der Waals surface area contributed by atoms with Gasteiger partial charge in [-0.1, -0.05) is 30.1 Å². The molecule has 2 N–H and O–H groups in total. The lowest BCUT2D eigenvalue weighted by molar-refractivity contribution is -0.139. The summed E-state index contributed by atoms with van der Waals surface area (Å²) in [5, 5.41) is 18.5. The third-order valence-corrected chi connectivity index (χ3v) is 4.47. The third kappa shape index (κ3) is 3.80. The fourth-order valence-corrected chi connectivity index (χ4v) is 2.79. The van der Waals surface area contributed by atoms with Crippen LogP contribution in [-0.2, 0) is 17.8 Å². The van der Waals surface area contributed by atoms with E-state index in [-0.39, 0.29) is 22.4 Å². The van der Waals surface area contributed by atoms with Gasteiger partial charge in [0.15, 0.2) is 6.61 Å². The summed E-state index contributed by atoms with van der Waals surface area (Å²) < 4.78 is 5.12. The van der Waals surface area contributed by atoms with Crippen LogP contribution in [0.4, 0.5) is 0 Å². The van der Waals surface area contributed by atoms with Crippen LogP contribution in [0.15, 0.2) is 18.2 Å². The van der Waals surface area contributed by atoms with E-state index in [1.54, 1.807) is 12.1 Å².